The normalized spacial score (nSPS) is 10.8. The molecule has 0 saturated heterocycles. The van der Waals surface area contributed by atoms with E-state index in [-0.39, 0.29) is 11.3 Å². The lowest BCUT2D eigenvalue weighted by atomic mass is 10.1. The lowest BCUT2D eigenvalue weighted by Crippen LogP contribution is -1.96. The molecule has 0 fully saturated rings. The van der Waals surface area contributed by atoms with Gasteiger partial charge >= 0.3 is 0 Å². The highest BCUT2D eigenvalue weighted by Crippen LogP contribution is 2.38. The second-order valence-electron chi connectivity index (χ2n) is 4.78. The van der Waals surface area contributed by atoms with Crippen molar-refractivity contribution in [2.24, 2.45) is 0 Å². The second kappa shape index (κ2) is 7.68. The molecule has 0 unspecified atom stereocenters. The third-order valence-corrected chi connectivity index (χ3v) is 3.44. The third-order valence-electron chi connectivity index (χ3n) is 3.44. The highest BCUT2D eigenvalue weighted by Gasteiger charge is 2.14. The van der Waals surface area contributed by atoms with Gasteiger partial charge in [-0.2, -0.15) is 4.39 Å². The van der Waals surface area contributed by atoms with Crippen LogP contribution in [0.5, 0.6) is 23.0 Å². The van der Waals surface area contributed by atoms with Crippen LogP contribution in [0.25, 0.3) is 12.2 Å². The Morgan fingerprint density at radius 2 is 1.29 bits per heavy atom. The number of methoxy groups -OCH3 is 4. The zero-order valence-corrected chi connectivity index (χ0v) is 13.9. The maximum atomic E-state index is 14.0. The van der Waals surface area contributed by atoms with E-state index in [1.165, 1.54) is 46.6 Å². The van der Waals surface area contributed by atoms with Crippen LogP contribution in [-0.4, -0.2) is 28.4 Å². The van der Waals surface area contributed by atoms with Crippen molar-refractivity contribution in [3.8, 4) is 23.0 Å². The van der Waals surface area contributed by atoms with Crippen LogP contribution < -0.4 is 18.9 Å². The van der Waals surface area contributed by atoms with E-state index in [1.54, 1.807) is 18.2 Å². The van der Waals surface area contributed by atoms with Crippen LogP contribution in [0.4, 0.5) is 8.78 Å². The summed E-state index contributed by atoms with van der Waals surface area (Å²) in [5.74, 6) is -0.741. The molecule has 0 N–H and O–H groups in total. The van der Waals surface area contributed by atoms with Crippen LogP contribution in [0.1, 0.15) is 11.1 Å². The van der Waals surface area contributed by atoms with Gasteiger partial charge in [-0.3, -0.25) is 0 Å². The molecule has 2 aromatic rings. The summed E-state index contributed by atoms with van der Waals surface area (Å²) in [5.41, 5.74) is 0.780. The van der Waals surface area contributed by atoms with E-state index in [2.05, 4.69) is 0 Å². The molecule has 0 saturated carbocycles. The highest BCUT2D eigenvalue weighted by atomic mass is 19.2. The fourth-order valence-corrected chi connectivity index (χ4v) is 2.22. The van der Waals surface area contributed by atoms with Crippen molar-refractivity contribution in [1.29, 1.82) is 0 Å². The number of ether oxygens (including phenoxy) is 4. The zero-order valence-electron chi connectivity index (χ0n) is 13.9. The molecular formula is C18H18F2O4. The molecule has 2 aromatic carbocycles. The van der Waals surface area contributed by atoms with Crippen LogP contribution in [0.2, 0.25) is 0 Å². The summed E-state index contributed by atoms with van der Waals surface area (Å²) in [5, 5.41) is 0. The van der Waals surface area contributed by atoms with Gasteiger partial charge in [0.2, 0.25) is 11.6 Å². The lowest BCUT2D eigenvalue weighted by molar-refractivity contribution is 0.324. The molecule has 0 heterocycles. The predicted octanol–water partition coefficient (Wildman–Crippen LogP) is 4.17. The fraction of sp³-hybridized carbons (Fsp3) is 0.222. The Labute approximate surface area is 139 Å². The first-order valence-corrected chi connectivity index (χ1v) is 7.05. The molecule has 0 aliphatic rings. The summed E-state index contributed by atoms with van der Waals surface area (Å²) in [4.78, 5) is 0. The topological polar surface area (TPSA) is 36.9 Å². The lowest BCUT2D eigenvalue weighted by Gasteiger charge is -2.12. The molecule has 2 rings (SSSR count). The molecule has 6 heteroatoms. The largest absolute Gasteiger partial charge is 0.494 e. The van der Waals surface area contributed by atoms with E-state index in [0.717, 1.165) is 0 Å². The molecule has 0 aromatic heterocycles. The van der Waals surface area contributed by atoms with Gasteiger partial charge in [0, 0.05) is 5.56 Å². The standard InChI is InChI=1S/C18H18F2O4/c1-21-13-8-7-12(16(19)17(13)20)6-5-11-9-14(22-2)18(24-4)15(10-11)23-3/h5-10H,1-4H3/b6-5-. The summed E-state index contributed by atoms with van der Waals surface area (Å²) in [6, 6.07) is 6.21. The van der Waals surface area contributed by atoms with Gasteiger partial charge in [0.05, 0.1) is 28.4 Å². The highest BCUT2D eigenvalue weighted by molar-refractivity contribution is 5.73. The summed E-state index contributed by atoms with van der Waals surface area (Å²) in [7, 11) is 5.79. The van der Waals surface area contributed by atoms with Crippen LogP contribution in [-0.2, 0) is 0 Å². The SMILES string of the molecule is COc1ccc(/C=C\c2cc(OC)c(OC)c(OC)c2)c(F)c1F. The minimum atomic E-state index is -1.02. The first-order chi connectivity index (χ1) is 11.5. The summed E-state index contributed by atoms with van der Waals surface area (Å²) < 4.78 is 48.2. The van der Waals surface area contributed by atoms with E-state index in [0.29, 0.717) is 22.8 Å². The van der Waals surface area contributed by atoms with Gasteiger partial charge in [-0.25, -0.2) is 4.39 Å². The van der Waals surface area contributed by atoms with Crippen LogP contribution in [0, 0.1) is 11.6 Å². The van der Waals surface area contributed by atoms with Crippen molar-refractivity contribution in [3.63, 3.8) is 0 Å². The zero-order chi connectivity index (χ0) is 17.7. The van der Waals surface area contributed by atoms with Crippen LogP contribution in [0.3, 0.4) is 0 Å². The number of hydrogen-bond acceptors (Lipinski definition) is 4. The predicted molar refractivity (Wildman–Crippen MR) is 87.9 cm³/mol. The van der Waals surface area contributed by atoms with Crippen molar-refractivity contribution in [3.05, 3.63) is 47.0 Å². The number of halogens is 2. The van der Waals surface area contributed by atoms with Crippen molar-refractivity contribution >= 4 is 12.2 Å². The van der Waals surface area contributed by atoms with E-state index < -0.39 is 11.6 Å². The molecule has 0 spiro atoms. The van der Waals surface area contributed by atoms with E-state index in [9.17, 15) is 8.78 Å². The molecule has 0 aliphatic carbocycles. The number of rotatable bonds is 6. The van der Waals surface area contributed by atoms with Crippen molar-refractivity contribution in [2.75, 3.05) is 28.4 Å². The molecular weight excluding hydrogens is 318 g/mol. The van der Waals surface area contributed by atoms with Crippen LogP contribution in [0.15, 0.2) is 24.3 Å². The van der Waals surface area contributed by atoms with E-state index in [1.807, 2.05) is 0 Å². The Morgan fingerprint density at radius 3 is 1.79 bits per heavy atom. The summed E-state index contributed by atoms with van der Waals surface area (Å²) in [6.45, 7) is 0. The first kappa shape index (κ1) is 17.6. The molecule has 0 atom stereocenters. The average Bonchev–Trinajstić information content (AvgIpc) is 2.61. The molecule has 24 heavy (non-hydrogen) atoms. The van der Waals surface area contributed by atoms with Gasteiger partial charge in [-0.1, -0.05) is 12.2 Å². The van der Waals surface area contributed by atoms with Crippen molar-refractivity contribution in [1.82, 2.24) is 0 Å². The maximum Gasteiger partial charge on any atom is 0.203 e. The number of hydrogen-bond donors (Lipinski definition) is 0. The Kier molecular flexibility index (Phi) is 5.63. The molecule has 0 radical (unpaired) electrons. The minimum absolute atomic E-state index is 0.0991. The molecule has 128 valence electrons. The van der Waals surface area contributed by atoms with Gasteiger partial charge in [-0.15, -0.1) is 0 Å². The Balaban J connectivity index is 2.41. The van der Waals surface area contributed by atoms with Crippen LogP contribution >= 0.6 is 0 Å². The molecule has 4 nitrogen and oxygen atoms in total. The van der Waals surface area contributed by atoms with Crippen molar-refractivity contribution < 1.29 is 27.7 Å². The molecule has 0 aliphatic heterocycles. The maximum absolute atomic E-state index is 14.0. The van der Waals surface area contributed by atoms with Gasteiger partial charge in [-0.05, 0) is 29.8 Å². The Bertz CT molecular complexity index is 732. The summed E-state index contributed by atoms with van der Waals surface area (Å²) >= 11 is 0. The third kappa shape index (κ3) is 3.42. The van der Waals surface area contributed by atoms with E-state index in [4.69, 9.17) is 18.9 Å². The Morgan fingerprint density at radius 1 is 0.708 bits per heavy atom. The van der Waals surface area contributed by atoms with Crippen molar-refractivity contribution in [2.45, 2.75) is 0 Å². The van der Waals surface area contributed by atoms with E-state index >= 15 is 0 Å². The quantitative estimate of drug-likeness (QED) is 0.742. The smallest absolute Gasteiger partial charge is 0.203 e. The average molecular weight is 336 g/mol. The molecule has 0 bridgehead atoms. The molecule has 0 amide bonds. The first-order valence-electron chi connectivity index (χ1n) is 7.05. The van der Waals surface area contributed by atoms with Gasteiger partial charge < -0.3 is 18.9 Å². The Hall–Kier alpha value is -2.76. The summed E-state index contributed by atoms with van der Waals surface area (Å²) in [6.07, 6.45) is 3.08. The monoisotopic (exact) mass is 336 g/mol. The fourth-order valence-electron chi connectivity index (χ4n) is 2.22. The van der Waals surface area contributed by atoms with Gasteiger partial charge in [0.25, 0.3) is 0 Å². The number of benzene rings is 2. The second-order valence-corrected chi connectivity index (χ2v) is 4.78. The van der Waals surface area contributed by atoms with Gasteiger partial charge in [0.1, 0.15) is 0 Å². The minimum Gasteiger partial charge on any atom is -0.494 e. The van der Waals surface area contributed by atoms with Gasteiger partial charge in [0.15, 0.2) is 23.1 Å².